The second-order valence-corrected chi connectivity index (χ2v) is 12.2. The summed E-state index contributed by atoms with van der Waals surface area (Å²) in [7, 11) is -1.60. The number of aromatic amines is 1. The van der Waals surface area contributed by atoms with E-state index in [0.717, 1.165) is 37.3 Å². The Hall–Kier alpha value is -1.26. The molecule has 0 unspecified atom stereocenters. The Bertz CT molecular complexity index is 598. The van der Waals surface area contributed by atoms with Crippen LogP contribution in [0, 0.1) is 0 Å². The first-order valence-corrected chi connectivity index (χ1v) is 11.0. The van der Waals surface area contributed by atoms with Crippen LogP contribution in [-0.4, -0.2) is 26.5 Å². The highest BCUT2D eigenvalue weighted by Crippen LogP contribution is 2.36. The highest BCUT2D eigenvalue weighted by atomic mass is 28.4. The van der Waals surface area contributed by atoms with Crippen molar-refractivity contribution in [3.05, 3.63) is 30.5 Å². The number of rotatable bonds is 7. The first kappa shape index (κ1) is 17.1. The fourth-order valence-corrected chi connectivity index (χ4v) is 3.15. The van der Waals surface area contributed by atoms with Gasteiger partial charge < -0.3 is 14.1 Å². The van der Waals surface area contributed by atoms with Crippen molar-refractivity contribution in [3.8, 4) is 5.75 Å². The van der Waals surface area contributed by atoms with Crippen LogP contribution in [0.2, 0.25) is 18.1 Å². The molecule has 0 atom stereocenters. The molecule has 0 saturated carbocycles. The zero-order chi connectivity index (χ0) is 16.2. The summed E-state index contributed by atoms with van der Waals surface area (Å²) < 4.78 is 12.0. The number of H-pyrrole nitrogens is 1. The van der Waals surface area contributed by atoms with E-state index >= 15 is 0 Å². The maximum absolute atomic E-state index is 6.17. The summed E-state index contributed by atoms with van der Waals surface area (Å²) in [5.74, 6) is 0.942. The molecule has 0 spiro atoms. The number of hydrogen-bond donors (Lipinski definition) is 1. The van der Waals surface area contributed by atoms with Crippen molar-refractivity contribution >= 4 is 19.2 Å². The Morgan fingerprint density at radius 2 is 1.77 bits per heavy atom. The third-order valence-corrected chi connectivity index (χ3v) is 9.14. The Kier molecular flexibility index (Phi) is 5.35. The van der Waals surface area contributed by atoms with Crippen LogP contribution in [0.3, 0.4) is 0 Å². The predicted molar refractivity (Wildman–Crippen MR) is 96.2 cm³/mol. The molecular weight excluding hydrogens is 290 g/mol. The highest BCUT2D eigenvalue weighted by Gasteiger charge is 2.36. The van der Waals surface area contributed by atoms with E-state index in [9.17, 15) is 0 Å². The van der Waals surface area contributed by atoms with Gasteiger partial charge in [-0.05, 0) is 55.2 Å². The van der Waals surface area contributed by atoms with Gasteiger partial charge in [0, 0.05) is 23.7 Å². The zero-order valence-electron chi connectivity index (χ0n) is 14.5. The lowest BCUT2D eigenvalue weighted by molar-refractivity contribution is 0.252. The summed E-state index contributed by atoms with van der Waals surface area (Å²) in [6.45, 7) is 13.0. The number of fused-ring (bicyclic) bond motifs is 1. The number of nitrogens with one attached hydrogen (secondary N) is 1. The maximum atomic E-state index is 6.17. The van der Waals surface area contributed by atoms with Gasteiger partial charge in [-0.1, -0.05) is 20.8 Å². The Morgan fingerprint density at radius 3 is 2.50 bits per heavy atom. The summed E-state index contributed by atoms with van der Waals surface area (Å²) in [6, 6.07) is 8.23. The van der Waals surface area contributed by atoms with E-state index in [1.54, 1.807) is 0 Å². The number of hydrogen-bond acceptors (Lipinski definition) is 2. The average Bonchev–Trinajstić information content (AvgIpc) is 2.88. The summed E-state index contributed by atoms with van der Waals surface area (Å²) in [4.78, 5) is 3.19. The van der Waals surface area contributed by atoms with Gasteiger partial charge in [-0.25, -0.2) is 0 Å². The van der Waals surface area contributed by atoms with Gasteiger partial charge >= 0.3 is 0 Å². The second kappa shape index (κ2) is 6.88. The normalized spacial score (nSPS) is 12.8. The molecule has 0 fully saturated rings. The van der Waals surface area contributed by atoms with Crippen LogP contribution in [0.25, 0.3) is 10.9 Å². The molecule has 0 bridgehead atoms. The van der Waals surface area contributed by atoms with E-state index < -0.39 is 8.32 Å². The number of benzene rings is 1. The topological polar surface area (TPSA) is 34.2 Å². The minimum absolute atomic E-state index is 0.287. The van der Waals surface area contributed by atoms with Crippen LogP contribution in [-0.2, 0) is 4.43 Å². The predicted octanol–water partition coefficient (Wildman–Crippen LogP) is 5.35. The molecule has 2 rings (SSSR count). The van der Waals surface area contributed by atoms with Gasteiger partial charge in [-0.2, -0.15) is 0 Å². The molecule has 0 amide bonds. The van der Waals surface area contributed by atoms with Crippen molar-refractivity contribution < 1.29 is 9.16 Å². The molecule has 2 aromatic rings. The van der Waals surface area contributed by atoms with Crippen LogP contribution < -0.4 is 4.74 Å². The van der Waals surface area contributed by atoms with Gasteiger partial charge in [0.2, 0.25) is 0 Å². The molecule has 0 aliphatic rings. The standard InChI is InChI=1S/C18H29NO2Si/c1-18(2,3)22(4,5)21-13-7-6-12-20-16-8-9-17-15(14-16)10-11-19-17/h8-11,14,19H,6-7,12-13H2,1-5H3. The quantitative estimate of drug-likeness (QED) is 0.551. The third-order valence-electron chi connectivity index (χ3n) is 4.60. The third kappa shape index (κ3) is 4.37. The molecule has 1 heterocycles. The molecule has 1 N–H and O–H groups in total. The summed E-state index contributed by atoms with van der Waals surface area (Å²) >= 11 is 0. The van der Waals surface area contributed by atoms with Gasteiger partial charge in [-0.3, -0.25) is 0 Å². The maximum Gasteiger partial charge on any atom is 0.191 e. The van der Waals surface area contributed by atoms with E-state index in [0.29, 0.717) is 0 Å². The van der Waals surface area contributed by atoms with E-state index in [1.165, 1.54) is 5.39 Å². The molecule has 4 heteroatoms. The lowest BCUT2D eigenvalue weighted by atomic mass is 10.2. The highest BCUT2D eigenvalue weighted by molar-refractivity contribution is 6.74. The summed E-state index contributed by atoms with van der Waals surface area (Å²) in [5, 5.41) is 1.48. The second-order valence-electron chi connectivity index (χ2n) is 7.39. The minimum atomic E-state index is -1.60. The SMILES string of the molecule is CC(C)(C)[Si](C)(C)OCCCCOc1ccc2[nH]ccc2c1. The van der Waals surface area contributed by atoms with Crippen molar-refractivity contribution in [1.29, 1.82) is 0 Å². The molecule has 22 heavy (non-hydrogen) atoms. The van der Waals surface area contributed by atoms with Crippen molar-refractivity contribution in [3.63, 3.8) is 0 Å². The monoisotopic (exact) mass is 319 g/mol. The van der Waals surface area contributed by atoms with Crippen LogP contribution in [0.4, 0.5) is 0 Å². The minimum Gasteiger partial charge on any atom is -0.494 e. The Labute approximate surface area is 135 Å². The Balaban J connectivity index is 1.67. The fraction of sp³-hybridized carbons (Fsp3) is 0.556. The van der Waals surface area contributed by atoms with E-state index in [2.05, 4.69) is 57.0 Å². The molecular formula is C18H29NO2Si. The van der Waals surface area contributed by atoms with Crippen molar-refractivity contribution in [2.75, 3.05) is 13.2 Å². The fourth-order valence-electron chi connectivity index (χ4n) is 2.06. The molecule has 0 radical (unpaired) electrons. The van der Waals surface area contributed by atoms with E-state index in [-0.39, 0.29) is 5.04 Å². The van der Waals surface area contributed by atoms with Crippen molar-refractivity contribution in [2.24, 2.45) is 0 Å². The van der Waals surface area contributed by atoms with Gasteiger partial charge in [0.1, 0.15) is 5.75 Å². The van der Waals surface area contributed by atoms with Gasteiger partial charge in [-0.15, -0.1) is 0 Å². The van der Waals surface area contributed by atoms with Gasteiger partial charge in [0.15, 0.2) is 8.32 Å². The average molecular weight is 320 g/mol. The number of unbranched alkanes of at least 4 members (excludes halogenated alkanes) is 1. The van der Waals surface area contributed by atoms with Crippen molar-refractivity contribution in [2.45, 2.75) is 51.7 Å². The lowest BCUT2D eigenvalue weighted by Gasteiger charge is -2.36. The first-order valence-electron chi connectivity index (χ1n) is 8.13. The lowest BCUT2D eigenvalue weighted by Crippen LogP contribution is -2.41. The van der Waals surface area contributed by atoms with Crippen molar-refractivity contribution in [1.82, 2.24) is 4.98 Å². The van der Waals surface area contributed by atoms with Crippen LogP contribution in [0.1, 0.15) is 33.6 Å². The molecule has 0 saturated heterocycles. The number of aromatic nitrogens is 1. The molecule has 1 aromatic carbocycles. The zero-order valence-corrected chi connectivity index (χ0v) is 15.5. The molecule has 0 aliphatic carbocycles. The molecule has 3 nitrogen and oxygen atoms in total. The molecule has 0 aliphatic heterocycles. The number of ether oxygens (including phenoxy) is 1. The largest absolute Gasteiger partial charge is 0.494 e. The van der Waals surface area contributed by atoms with Gasteiger partial charge in [0.05, 0.1) is 6.61 Å². The van der Waals surface area contributed by atoms with Gasteiger partial charge in [0.25, 0.3) is 0 Å². The molecule has 1 aromatic heterocycles. The summed E-state index contributed by atoms with van der Waals surface area (Å²) in [5.41, 5.74) is 1.15. The first-order chi connectivity index (χ1) is 10.3. The van der Waals surface area contributed by atoms with Crippen LogP contribution in [0.15, 0.2) is 30.5 Å². The molecule has 122 valence electrons. The van der Waals surface area contributed by atoms with E-state index in [1.807, 2.05) is 12.3 Å². The van der Waals surface area contributed by atoms with E-state index in [4.69, 9.17) is 9.16 Å². The van der Waals surface area contributed by atoms with Crippen LogP contribution in [0.5, 0.6) is 5.75 Å². The summed E-state index contributed by atoms with van der Waals surface area (Å²) in [6.07, 6.45) is 4.03. The smallest absolute Gasteiger partial charge is 0.191 e. The van der Waals surface area contributed by atoms with Crippen LogP contribution >= 0.6 is 0 Å². The Morgan fingerprint density at radius 1 is 1.05 bits per heavy atom.